The maximum atomic E-state index is 12.6. The van der Waals surface area contributed by atoms with E-state index in [4.69, 9.17) is 25.8 Å². The number of carbonyl (C=O) groups is 3. The second-order valence-electron chi connectivity index (χ2n) is 5.08. The van der Waals surface area contributed by atoms with Crippen LogP contribution in [-0.4, -0.2) is 36.7 Å². The molecule has 1 aromatic carbocycles. The lowest BCUT2D eigenvalue weighted by molar-refractivity contribution is -0.190. The second-order valence-corrected chi connectivity index (χ2v) is 5.51. The van der Waals surface area contributed by atoms with E-state index in [0.29, 0.717) is 10.6 Å². The zero-order valence-electron chi connectivity index (χ0n) is 13.3. The Morgan fingerprint density at radius 1 is 1.17 bits per heavy atom. The Labute approximate surface area is 144 Å². The van der Waals surface area contributed by atoms with Gasteiger partial charge in [-0.2, -0.15) is 0 Å². The Bertz CT molecular complexity index is 661. The molecular formula is C17H17ClO6. The van der Waals surface area contributed by atoms with E-state index < -0.39 is 29.4 Å². The minimum atomic E-state index is -2.24. The normalized spacial score (nSPS) is 18.9. The Balaban J connectivity index is 2.62. The topological polar surface area (TPSA) is 78.9 Å². The number of hydrogen-bond donors (Lipinski definition) is 0. The first kappa shape index (κ1) is 18.0. The van der Waals surface area contributed by atoms with Crippen LogP contribution in [0.5, 0.6) is 0 Å². The molecule has 7 heteroatoms. The molecule has 1 fully saturated rings. The van der Waals surface area contributed by atoms with Crippen molar-refractivity contribution >= 4 is 29.5 Å². The maximum Gasteiger partial charge on any atom is 0.363 e. The van der Waals surface area contributed by atoms with Crippen molar-refractivity contribution in [3.8, 4) is 0 Å². The average Bonchev–Trinajstić information content (AvgIpc) is 2.82. The Kier molecular flexibility index (Phi) is 5.29. The predicted octanol–water partition coefficient (Wildman–Crippen LogP) is 2.40. The maximum absolute atomic E-state index is 12.6. The SMILES string of the molecule is C=C1C(=O)OC(C(=O)OCC)(C(=O)OCC)[C@H]1c1ccc(Cl)cc1. The Morgan fingerprint density at radius 2 is 1.67 bits per heavy atom. The third-order valence-corrected chi connectivity index (χ3v) is 3.88. The van der Waals surface area contributed by atoms with E-state index in [1.54, 1.807) is 38.1 Å². The second kappa shape index (κ2) is 7.05. The fourth-order valence-electron chi connectivity index (χ4n) is 2.60. The quantitative estimate of drug-likeness (QED) is 0.350. The Morgan fingerprint density at radius 3 is 2.12 bits per heavy atom. The lowest BCUT2D eigenvalue weighted by Gasteiger charge is -2.28. The smallest absolute Gasteiger partial charge is 0.363 e. The molecule has 0 radical (unpaired) electrons. The molecule has 1 saturated heterocycles. The molecule has 24 heavy (non-hydrogen) atoms. The lowest BCUT2D eigenvalue weighted by atomic mass is 9.79. The van der Waals surface area contributed by atoms with Crippen molar-refractivity contribution in [2.24, 2.45) is 0 Å². The fourth-order valence-corrected chi connectivity index (χ4v) is 2.73. The first-order valence-corrected chi connectivity index (χ1v) is 7.78. The molecule has 0 unspecified atom stereocenters. The number of ether oxygens (including phenoxy) is 3. The molecule has 0 bridgehead atoms. The number of benzene rings is 1. The van der Waals surface area contributed by atoms with Gasteiger partial charge in [-0.05, 0) is 31.5 Å². The molecule has 0 saturated carbocycles. The number of hydrogen-bond acceptors (Lipinski definition) is 6. The van der Waals surface area contributed by atoms with Crippen LogP contribution < -0.4 is 0 Å². The first-order chi connectivity index (χ1) is 11.4. The van der Waals surface area contributed by atoms with E-state index in [-0.39, 0.29) is 18.8 Å². The van der Waals surface area contributed by atoms with Crippen molar-refractivity contribution in [2.75, 3.05) is 13.2 Å². The van der Waals surface area contributed by atoms with Crippen LogP contribution in [0, 0.1) is 0 Å². The summed E-state index contributed by atoms with van der Waals surface area (Å²) in [7, 11) is 0. The molecule has 0 aromatic heterocycles. The van der Waals surface area contributed by atoms with E-state index >= 15 is 0 Å². The van der Waals surface area contributed by atoms with Crippen LogP contribution >= 0.6 is 11.6 Å². The van der Waals surface area contributed by atoms with Gasteiger partial charge in [-0.25, -0.2) is 14.4 Å². The van der Waals surface area contributed by atoms with Crippen molar-refractivity contribution in [1.82, 2.24) is 0 Å². The molecule has 1 atom stereocenters. The van der Waals surface area contributed by atoms with Crippen LogP contribution in [0.1, 0.15) is 25.3 Å². The predicted molar refractivity (Wildman–Crippen MR) is 85.4 cm³/mol. The molecule has 0 aliphatic carbocycles. The molecule has 128 valence electrons. The van der Waals surface area contributed by atoms with Crippen LogP contribution in [0.3, 0.4) is 0 Å². The van der Waals surface area contributed by atoms with Crippen molar-refractivity contribution in [2.45, 2.75) is 25.4 Å². The molecule has 0 N–H and O–H groups in total. The minimum Gasteiger partial charge on any atom is -0.463 e. The highest BCUT2D eigenvalue weighted by atomic mass is 35.5. The summed E-state index contributed by atoms with van der Waals surface area (Å²) in [6.07, 6.45) is 0. The number of cyclic esters (lactones) is 1. The van der Waals surface area contributed by atoms with E-state index in [0.717, 1.165) is 0 Å². The lowest BCUT2D eigenvalue weighted by Crippen LogP contribution is -2.52. The summed E-state index contributed by atoms with van der Waals surface area (Å²) in [5, 5.41) is 0.465. The van der Waals surface area contributed by atoms with E-state index in [1.807, 2.05) is 0 Å². The van der Waals surface area contributed by atoms with Crippen molar-refractivity contribution in [1.29, 1.82) is 0 Å². The van der Waals surface area contributed by atoms with Gasteiger partial charge in [0.1, 0.15) is 0 Å². The number of esters is 3. The molecule has 1 heterocycles. The van der Waals surface area contributed by atoms with Gasteiger partial charge in [0.15, 0.2) is 0 Å². The van der Waals surface area contributed by atoms with E-state index in [1.165, 1.54) is 0 Å². The van der Waals surface area contributed by atoms with Crippen molar-refractivity contribution in [3.05, 3.63) is 47.0 Å². The Hall–Kier alpha value is -2.34. The largest absolute Gasteiger partial charge is 0.463 e. The van der Waals surface area contributed by atoms with Crippen LogP contribution in [0.15, 0.2) is 36.4 Å². The van der Waals surface area contributed by atoms with Crippen LogP contribution in [0.25, 0.3) is 0 Å². The molecule has 0 amide bonds. The highest BCUT2D eigenvalue weighted by Crippen LogP contribution is 2.45. The average molecular weight is 353 g/mol. The molecule has 1 aliphatic heterocycles. The zero-order chi connectivity index (χ0) is 17.9. The summed E-state index contributed by atoms with van der Waals surface area (Å²) in [4.78, 5) is 37.2. The first-order valence-electron chi connectivity index (χ1n) is 7.40. The fraction of sp³-hybridized carbons (Fsp3) is 0.353. The van der Waals surface area contributed by atoms with E-state index in [2.05, 4.69) is 6.58 Å². The minimum absolute atomic E-state index is 0.0113. The van der Waals surface area contributed by atoms with Crippen LogP contribution in [0.2, 0.25) is 5.02 Å². The highest BCUT2D eigenvalue weighted by Gasteiger charge is 2.65. The highest BCUT2D eigenvalue weighted by molar-refractivity contribution is 6.30. The summed E-state index contributed by atoms with van der Waals surface area (Å²) in [5.41, 5.74) is -1.80. The van der Waals surface area contributed by atoms with Gasteiger partial charge in [-0.3, -0.25) is 0 Å². The third kappa shape index (κ3) is 2.89. The molecular weight excluding hydrogens is 336 g/mol. The van der Waals surface area contributed by atoms with Gasteiger partial charge in [0.25, 0.3) is 0 Å². The number of carbonyl (C=O) groups excluding carboxylic acids is 3. The van der Waals surface area contributed by atoms with Crippen LogP contribution in [-0.2, 0) is 28.6 Å². The monoisotopic (exact) mass is 352 g/mol. The van der Waals surface area contributed by atoms with Gasteiger partial charge in [0.2, 0.25) is 0 Å². The summed E-state index contributed by atoms with van der Waals surface area (Å²) in [6, 6.07) is 6.34. The summed E-state index contributed by atoms with van der Waals surface area (Å²) in [5.74, 6) is -3.89. The van der Waals surface area contributed by atoms with Gasteiger partial charge in [0, 0.05) is 10.6 Å². The van der Waals surface area contributed by atoms with Crippen LogP contribution in [0.4, 0.5) is 0 Å². The number of halogens is 1. The van der Waals surface area contributed by atoms with Crippen molar-refractivity contribution < 1.29 is 28.6 Å². The molecule has 6 nitrogen and oxygen atoms in total. The van der Waals surface area contributed by atoms with E-state index in [9.17, 15) is 14.4 Å². The molecule has 1 aromatic rings. The standard InChI is InChI=1S/C17H17ClO6/c1-4-22-15(20)17(16(21)23-5-2)13(10(3)14(19)24-17)11-6-8-12(18)9-7-11/h6-9,13H,3-5H2,1-2H3/t13-/m1/s1. The van der Waals surface area contributed by atoms with Crippen molar-refractivity contribution in [3.63, 3.8) is 0 Å². The summed E-state index contributed by atoms with van der Waals surface area (Å²) in [6.45, 7) is 6.86. The zero-order valence-corrected chi connectivity index (χ0v) is 14.1. The molecule has 1 aliphatic rings. The van der Waals surface area contributed by atoms with Gasteiger partial charge in [-0.1, -0.05) is 30.3 Å². The summed E-state index contributed by atoms with van der Waals surface area (Å²) >= 11 is 5.88. The van der Waals surface area contributed by atoms with Gasteiger partial charge in [-0.15, -0.1) is 0 Å². The van der Waals surface area contributed by atoms with Gasteiger partial charge >= 0.3 is 23.5 Å². The molecule has 2 rings (SSSR count). The third-order valence-electron chi connectivity index (χ3n) is 3.63. The number of rotatable bonds is 5. The molecule has 0 spiro atoms. The van der Waals surface area contributed by atoms with Gasteiger partial charge < -0.3 is 14.2 Å². The summed E-state index contributed by atoms with van der Waals surface area (Å²) < 4.78 is 15.1. The van der Waals surface area contributed by atoms with Gasteiger partial charge in [0.05, 0.1) is 19.1 Å².